The predicted molar refractivity (Wildman–Crippen MR) is 79.1 cm³/mol. The van der Waals surface area contributed by atoms with Crippen molar-refractivity contribution in [2.75, 3.05) is 13.1 Å². The van der Waals surface area contributed by atoms with Crippen LogP contribution < -0.4 is 5.32 Å². The van der Waals surface area contributed by atoms with Crippen LogP contribution in [0.4, 0.5) is 0 Å². The van der Waals surface area contributed by atoms with Gasteiger partial charge in [0, 0.05) is 23.0 Å². The highest BCUT2D eigenvalue weighted by atomic mass is 16.3. The minimum atomic E-state index is 0.0401. The number of carbonyl (C=O) groups excluding carboxylic acids is 1. The molecule has 2 saturated heterocycles. The Morgan fingerprint density at radius 3 is 3.10 bits per heavy atom. The largest absolute Gasteiger partial charge is 0.464 e. The molecule has 3 fully saturated rings. The number of amides is 1. The van der Waals surface area contributed by atoms with Crippen molar-refractivity contribution in [2.24, 2.45) is 5.92 Å². The first kappa shape index (κ1) is 11.8. The van der Waals surface area contributed by atoms with Crippen LogP contribution >= 0.6 is 0 Å². The Labute approximate surface area is 123 Å². The molecule has 1 amide bonds. The van der Waals surface area contributed by atoms with E-state index in [1.54, 1.807) is 6.26 Å². The lowest BCUT2D eigenvalue weighted by atomic mass is 9.91. The highest BCUT2D eigenvalue weighted by Gasteiger charge is 2.63. The average molecular weight is 282 g/mol. The molecule has 4 nitrogen and oxygen atoms in total. The maximum Gasteiger partial charge on any atom is 0.251 e. The van der Waals surface area contributed by atoms with Crippen molar-refractivity contribution in [3.8, 4) is 0 Å². The van der Waals surface area contributed by atoms with E-state index in [0.29, 0.717) is 23.1 Å². The Hall–Kier alpha value is -1.81. The number of carbonyl (C=O) groups is 1. The topological polar surface area (TPSA) is 45.5 Å². The number of hydrogen-bond donors (Lipinski definition) is 1. The predicted octanol–water partition coefficient (Wildman–Crippen LogP) is 2.40. The van der Waals surface area contributed by atoms with Crippen LogP contribution in [0.3, 0.4) is 0 Å². The van der Waals surface area contributed by atoms with Crippen molar-refractivity contribution >= 4 is 16.9 Å². The van der Waals surface area contributed by atoms with Gasteiger partial charge in [-0.3, -0.25) is 9.69 Å². The molecule has 21 heavy (non-hydrogen) atoms. The summed E-state index contributed by atoms with van der Waals surface area (Å²) in [5.74, 6) is 0.683. The third kappa shape index (κ3) is 1.57. The van der Waals surface area contributed by atoms with E-state index < -0.39 is 0 Å². The molecule has 2 bridgehead atoms. The summed E-state index contributed by atoms with van der Waals surface area (Å²) in [6, 6.07) is 7.94. The van der Waals surface area contributed by atoms with Gasteiger partial charge in [0.05, 0.1) is 12.3 Å². The first-order valence-electron chi connectivity index (χ1n) is 7.79. The Kier molecular flexibility index (Phi) is 2.19. The standard InChI is InChI=1S/C17H18N2O2/c20-16(12-2-1-11-4-8-21-14(11)9-12)18-15-13-3-7-19(10-13)17(15)5-6-17/h1-2,4,8-9,13,15H,3,5-7,10H2,(H,18,20). The Bertz CT molecular complexity index is 731. The van der Waals surface area contributed by atoms with Gasteiger partial charge in [0.2, 0.25) is 0 Å². The van der Waals surface area contributed by atoms with Crippen molar-refractivity contribution in [3.63, 3.8) is 0 Å². The van der Waals surface area contributed by atoms with Gasteiger partial charge in [0.15, 0.2) is 0 Å². The van der Waals surface area contributed by atoms with Gasteiger partial charge in [0.1, 0.15) is 5.58 Å². The monoisotopic (exact) mass is 282 g/mol. The lowest BCUT2D eigenvalue weighted by Gasteiger charge is -2.33. The van der Waals surface area contributed by atoms with E-state index in [4.69, 9.17) is 4.42 Å². The van der Waals surface area contributed by atoms with Crippen molar-refractivity contribution in [1.82, 2.24) is 10.2 Å². The minimum Gasteiger partial charge on any atom is -0.464 e. The smallest absolute Gasteiger partial charge is 0.251 e. The van der Waals surface area contributed by atoms with E-state index in [2.05, 4.69) is 10.2 Å². The molecule has 1 aromatic carbocycles. The van der Waals surface area contributed by atoms with Crippen LogP contribution in [-0.2, 0) is 0 Å². The molecule has 4 heteroatoms. The zero-order chi connectivity index (χ0) is 14.0. The van der Waals surface area contributed by atoms with E-state index in [1.165, 1.54) is 32.4 Å². The Balaban J connectivity index is 1.42. The second-order valence-electron chi connectivity index (χ2n) is 6.72. The first-order chi connectivity index (χ1) is 10.3. The van der Waals surface area contributed by atoms with Crippen LogP contribution in [0.25, 0.3) is 11.0 Å². The van der Waals surface area contributed by atoms with E-state index in [-0.39, 0.29) is 5.91 Å². The van der Waals surface area contributed by atoms with Gasteiger partial charge in [-0.05, 0) is 49.9 Å². The van der Waals surface area contributed by atoms with Crippen LogP contribution in [0.5, 0.6) is 0 Å². The quantitative estimate of drug-likeness (QED) is 0.920. The van der Waals surface area contributed by atoms with Gasteiger partial charge in [0.25, 0.3) is 5.91 Å². The summed E-state index contributed by atoms with van der Waals surface area (Å²) >= 11 is 0. The van der Waals surface area contributed by atoms with Crippen LogP contribution in [0.1, 0.15) is 29.6 Å². The second-order valence-corrected chi connectivity index (χ2v) is 6.72. The molecule has 3 unspecified atom stereocenters. The van der Waals surface area contributed by atoms with E-state index in [1.807, 2.05) is 24.3 Å². The van der Waals surface area contributed by atoms with Crippen molar-refractivity contribution in [3.05, 3.63) is 36.1 Å². The van der Waals surface area contributed by atoms with E-state index in [9.17, 15) is 4.79 Å². The molecule has 1 spiro atoms. The molecule has 3 heterocycles. The lowest BCUT2D eigenvalue weighted by Crippen LogP contribution is -2.51. The lowest BCUT2D eigenvalue weighted by molar-refractivity contribution is 0.0892. The van der Waals surface area contributed by atoms with Crippen molar-refractivity contribution in [1.29, 1.82) is 0 Å². The third-order valence-electron chi connectivity index (χ3n) is 5.67. The Morgan fingerprint density at radius 2 is 2.24 bits per heavy atom. The van der Waals surface area contributed by atoms with Crippen LogP contribution in [0, 0.1) is 5.92 Å². The van der Waals surface area contributed by atoms with Crippen molar-refractivity contribution < 1.29 is 9.21 Å². The fraction of sp³-hybridized carbons (Fsp3) is 0.471. The third-order valence-corrected chi connectivity index (χ3v) is 5.67. The molecule has 108 valence electrons. The summed E-state index contributed by atoms with van der Waals surface area (Å²) in [4.78, 5) is 15.2. The highest BCUT2D eigenvalue weighted by Crippen LogP contribution is 2.55. The molecule has 1 aliphatic carbocycles. The van der Waals surface area contributed by atoms with Gasteiger partial charge < -0.3 is 9.73 Å². The summed E-state index contributed by atoms with van der Waals surface area (Å²) in [6.45, 7) is 2.39. The normalized spacial score (nSPS) is 31.9. The highest BCUT2D eigenvalue weighted by molar-refractivity contribution is 5.97. The van der Waals surface area contributed by atoms with E-state index in [0.717, 1.165) is 11.0 Å². The summed E-state index contributed by atoms with van der Waals surface area (Å²) in [7, 11) is 0. The van der Waals surface area contributed by atoms with Gasteiger partial charge in [-0.25, -0.2) is 0 Å². The molecule has 1 N–H and O–H groups in total. The molecule has 5 rings (SSSR count). The summed E-state index contributed by atoms with van der Waals surface area (Å²) in [5.41, 5.74) is 1.78. The number of furan rings is 1. The number of fused-ring (bicyclic) bond motifs is 4. The number of nitrogens with one attached hydrogen (secondary N) is 1. The van der Waals surface area contributed by atoms with Gasteiger partial charge in [-0.1, -0.05) is 6.07 Å². The fourth-order valence-corrected chi connectivity index (χ4v) is 4.43. The average Bonchev–Trinajstić information content (AvgIpc) is 2.91. The number of benzene rings is 1. The molecule has 1 aromatic heterocycles. The zero-order valence-electron chi connectivity index (χ0n) is 11.8. The molecule has 0 radical (unpaired) electrons. The first-order valence-corrected chi connectivity index (χ1v) is 7.79. The van der Waals surface area contributed by atoms with Crippen LogP contribution in [0.2, 0.25) is 0 Å². The van der Waals surface area contributed by atoms with Crippen LogP contribution in [0.15, 0.2) is 34.9 Å². The van der Waals surface area contributed by atoms with Crippen molar-refractivity contribution in [2.45, 2.75) is 30.8 Å². The minimum absolute atomic E-state index is 0.0401. The number of nitrogens with zero attached hydrogens (tertiary/aromatic N) is 1. The maximum atomic E-state index is 12.6. The van der Waals surface area contributed by atoms with Crippen LogP contribution in [-0.4, -0.2) is 35.5 Å². The molecule has 2 aliphatic heterocycles. The molecule has 1 saturated carbocycles. The zero-order valence-corrected chi connectivity index (χ0v) is 11.8. The summed E-state index contributed by atoms with van der Waals surface area (Å²) < 4.78 is 5.39. The maximum absolute atomic E-state index is 12.6. The fourth-order valence-electron chi connectivity index (χ4n) is 4.43. The molecular weight excluding hydrogens is 264 g/mol. The van der Waals surface area contributed by atoms with Gasteiger partial charge in [-0.15, -0.1) is 0 Å². The SMILES string of the molecule is O=C(NC1C2CCN(C2)C12CC2)c1ccc2ccoc2c1. The van der Waals surface area contributed by atoms with E-state index >= 15 is 0 Å². The molecule has 3 atom stereocenters. The molecule has 3 aliphatic rings. The number of piperidine rings is 1. The summed E-state index contributed by atoms with van der Waals surface area (Å²) in [5, 5.41) is 4.35. The van der Waals surface area contributed by atoms with Gasteiger partial charge in [-0.2, -0.15) is 0 Å². The van der Waals surface area contributed by atoms with Gasteiger partial charge >= 0.3 is 0 Å². The molecular formula is C17H18N2O2. The summed E-state index contributed by atoms with van der Waals surface area (Å²) in [6.07, 6.45) is 5.37. The molecule has 2 aromatic rings. The number of hydrogen-bond acceptors (Lipinski definition) is 3. The second kappa shape index (κ2) is 3.89. The Morgan fingerprint density at radius 1 is 1.33 bits per heavy atom. The number of rotatable bonds is 2.